The largest absolute Gasteiger partial charge is 0.480 e. The van der Waals surface area contributed by atoms with E-state index in [2.05, 4.69) is 43.5 Å². The van der Waals surface area contributed by atoms with Crippen molar-refractivity contribution in [3.8, 4) is 0 Å². The number of aliphatic carboxylic acids is 1. The van der Waals surface area contributed by atoms with E-state index in [-0.39, 0.29) is 0 Å². The highest BCUT2D eigenvalue weighted by Gasteiger charge is 2.14. The van der Waals surface area contributed by atoms with Crippen molar-refractivity contribution in [3.63, 3.8) is 0 Å². The van der Waals surface area contributed by atoms with Gasteiger partial charge in [-0.2, -0.15) is 0 Å². The van der Waals surface area contributed by atoms with Gasteiger partial charge in [-0.1, -0.05) is 60.7 Å². The van der Waals surface area contributed by atoms with Gasteiger partial charge in [0, 0.05) is 6.61 Å². The van der Waals surface area contributed by atoms with E-state index < -0.39 is 12.0 Å². The van der Waals surface area contributed by atoms with Crippen LogP contribution in [0.15, 0.2) is 60.7 Å². The Morgan fingerprint density at radius 1 is 1.04 bits per heavy atom. The molecule has 0 bridgehead atoms. The number of carboxylic acid groups (broad SMARTS) is 1. The second kappa shape index (κ2) is 13.1. The Bertz CT molecular complexity index is 603. The molecule has 2 aromatic rings. The Morgan fingerprint density at radius 2 is 1.58 bits per heavy atom. The molecule has 5 nitrogen and oxygen atoms in total. The average Bonchev–Trinajstić information content (AvgIpc) is 2.65. The van der Waals surface area contributed by atoms with Crippen LogP contribution in [0, 0.1) is 0 Å². The Morgan fingerprint density at radius 3 is 2.04 bits per heavy atom. The second-order valence-corrected chi connectivity index (χ2v) is 6.26. The maximum atomic E-state index is 10.6. The molecule has 1 atom stereocenters. The molecule has 0 amide bonds. The SMILES string of the molecule is CC(C)OCCCc1ccccc1.NN[C@@H](Cc1ccccc1)C(=O)O. The molecular weight excluding hydrogens is 328 g/mol. The smallest absolute Gasteiger partial charge is 0.322 e. The van der Waals surface area contributed by atoms with E-state index in [1.54, 1.807) is 0 Å². The Balaban J connectivity index is 0.000000260. The van der Waals surface area contributed by atoms with Gasteiger partial charge in [0.25, 0.3) is 0 Å². The second-order valence-electron chi connectivity index (χ2n) is 6.26. The number of aryl methyl sites for hydroxylation is 1. The lowest BCUT2D eigenvalue weighted by atomic mass is 10.1. The van der Waals surface area contributed by atoms with Crippen molar-refractivity contribution < 1.29 is 14.6 Å². The van der Waals surface area contributed by atoms with Crippen LogP contribution in [-0.2, 0) is 22.4 Å². The van der Waals surface area contributed by atoms with Crippen LogP contribution in [0.25, 0.3) is 0 Å². The molecule has 0 aliphatic carbocycles. The normalized spacial score (nSPS) is 11.5. The lowest BCUT2D eigenvalue weighted by Crippen LogP contribution is -2.42. The summed E-state index contributed by atoms with van der Waals surface area (Å²) in [5, 5.41) is 8.69. The fourth-order valence-corrected chi connectivity index (χ4v) is 2.31. The molecule has 0 unspecified atom stereocenters. The topological polar surface area (TPSA) is 84.6 Å². The fourth-order valence-electron chi connectivity index (χ4n) is 2.31. The van der Waals surface area contributed by atoms with Gasteiger partial charge in [0.2, 0.25) is 0 Å². The van der Waals surface area contributed by atoms with Gasteiger partial charge in [-0.3, -0.25) is 10.6 Å². The highest BCUT2D eigenvalue weighted by molar-refractivity contribution is 5.73. The lowest BCUT2D eigenvalue weighted by molar-refractivity contribution is -0.139. The molecule has 0 saturated carbocycles. The van der Waals surface area contributed by atoms with E-state index in [9.17, 15) is 4.79 Å². The number of carbonyl (C=O) groups is 1. The predicted octanol–water partition coefficient (Wildman–Crippen LogP) is 3.19. The highest BCUT2D eigenvalue weighted by Crippen LogP contribution is 2.03. The number of hydrogen-bond donors (Lipinski definition) is 3. The first-order valence-corrected chi connectivity index (χ1v) is 8.91. The minimum Gasteiger partial charge on any atom is -0.480 e. The van der Waals surface area contributed by atoms with Crippen LogP contribution in [0.2, 0.25) is 0 Å². The van der Waals surface area contributed by atoms with Gasteiger partial charge >= 0.3 is 5.97 Å². The standard InChI is InChI=1S/C12H18O.C9H12N2O2/c1-11(2)13-10-6-9-12-7-4-3-5-8-12;10-11-8(9(12)13)6-7-4-2-1-3-5-7/h3-5,7-8,11H,6,9-10H2,1-2H3;1-5,8,11H,6,10H2,(H,12,13)/t;8-/m.0/s1. The van der Waals surface area contributed by atoms with Gasteiger partial charge in [-0.25, -0.2) is 5.43 Å². The van der Waals surface area contributed by atoms with E-state index in [1.807, 2.05) is 36.4 Å². The number of carboxylic acids is 1. The van der Waals surface area contributed by atoms with Crippen molar-refractivity contribution in [2.45, 2.75) is 45.3 Å². The highest BCUT2D eigenvalue weighted by atomic mass is 16.5. The Labute approximate surface area is 156 Å². The number of hydrogen-bond acceptors (Lipinski definition) is 4. The van der Waals surface area contributed by atoms with Crippen LogP contribution in [0.5, 0.6) is 0 Å². The molecule has 4 N–H and O–H groups in total. The molecule has 0 aliphatic rings. The summed E-state index contributed by atoms with van der Waals surface area (Å²) < 4.78 is 5.46. The van der Waals surface area contributed by atoms with E-state index in [0.29, 0.717) is 12.5 Å². The number of ether oxygens (including phenoxy) is 1. The average molecular weight is 358 g/mol. The first kappa shape index (κ1) is 21.8. The van der Waals surface area contributed by atoms with Gasteiger partial charge in [0.15, 0.2) is 0 Å². The first-order valence-electron chi connectivity index (χ1n) is 8.91. The summed E-state index contributed by atoms with van der Waals surface area (Å²) in [6.07, 6.45) is 2.98. The van der Waals surface area contributed by atoms with Crippen LogP contribution in [0.3, 0.4) is 0 Å². The molecule has 26 heavy (non-hydrogen) atoms. The monoisotopic (exact) mass is 358 g/mol. The van der Waals surface area contributed by atoms with E-state index in [0.717, 1.165) is 25.0 Å². The minimum absolute atomic E-state index is 0.357. The van der Waals surface area contributed by atoms with Crippen molar-refractivity contribution in [2.24, 2.45) is 5.84 Å². The summed E-state index contributed by atoms with van der Waals surface area (Å²) in [6, 6.07) is 19.2. The third-order valence-electron chi connectivity index (χ3n) is 3.69. The molecule has 0 fully saturated rings. The summed E-state index contributed by atoms with van der Waals surface area (Å²) in [6.45, 7) is 5.01. The Kier molecular flexibility index (Phi) is 11.0. The zero-order chi connectivity index (χ0) is 19.2. The molecule has 5 heteroatoms. The maximum Gasteiger partial charge on any atom is 0.322 e. The number of nitrogens with one attached hydrogen (secondary N) is 1. The zero-order valence-corrected chi connectivity index (χ0v) is 15.6. The maximum absolute atomic E-state index is 10.6. The third-order valence-corrected chi connectivity index (χ3v) is 3.69. The summed E-state index contributed by atoms with van der Waals surface area (Å²) >= 11 is 0. The molecule has 0 heterocycles. The van der Waals surface area contributed by atoms with Crippen molar-refractivity contribution in [1.29, 1.82) is 0 Å². The van der Waals surface area contributed by atoms with Gasteiger partial charge in [-0.15, -0.1) is 0 Å². The number of rotatable bonds is 9. The predicted molar refractivity (Wildman–Crippen MR) is 105 cm³/mol. The van der Waals surface area contributed by atoms with Crippen LogP contribution in [0.1, 0.15) is 31.4 Å². The number of nitrogens with two attached hydrogens (primary N) is 1. The van der Waals surface area contributed by atoms with Gasteiger partial charge < -0.3 is 9.84 Å². The molecular formula is C21H30N2O3. The number of benzene rings is 2. The summed E-state index contributed by atoms with van der Waals surface area (Å²) in [5.74, 6) is 4.15. The zero-order valence-electron chi connectivity index (χ0n) is 15.6. The molecule has 2 aromatic carbocycles. The van der Waals surface area contributed by atoms with Crippen LogP contribution >= 0.6 is 0 Å². The quantitative estimate of drug-likeness (QED) is 0.364. The molecule has 0 aromatic heterocycles. The summed E-state index contributed by atoms with van der Waals surface area (Å²) in [4.78, 5) is 10.6. The van der Waals surface area contributed by atoms with Crippen molar-refractivity contribution in [1.82, 2.24) is 5.43 Å². The van der Waals surface area contributed by atoms with E-state index in [1.165, 1.54) is 5.56 Å². The molecule has 0 radical (unpaired) electrons. The summed E-state index contributed by atoms with van der Waals surface area (Å²) in [5.41, 5.74) is 4.60. The molecule has 0 spiro atoms. The third kappa shape index (κ3) is 9.93. The van der Waals surface area contributed by atoms with Gasteiger partial charge in [0.1, 0.15) is 6.04 Å². The molecule has 0 aliphatic heterocycles. The van der Waals surface area contributed by atoms with E-state index in [4.69, 9.17) is 15.7 Å². The molecule has 142 valence electrons. The lowest BCUT2D eigenvalue weighted by Gasteiger charge is -2.09. The van der Waals surface area contributed by atoms with Crippen molar-refractivity contribution in [2.75, 3.05) is 6.61 Å². The van der Waals surface area contributed by atoms with Gasteiger partial charge in [-0.05, 0) is 44.2 Å². The first-order chi connectivity index (χ1) is 12.5. The molecule has 0 saturated heterocycles. The molecule has 2 rings (SSSR count). The fraction of sp³-hybridized carbons (Fsp3) is 0.381. The number of hydrazine groups is 1. The van der Waals surface area contributed by atoms with E-state index >= 15 is 0 Å². The van der Waals surface area contributed by atoms with Crippen LogP contribution < -0.4 is 11.3 Å². The van der Waals surface area contributed by atoms with Crippen LogP contribution in [0.4, 0.5) is 0 Å². The minimum atomic E-state index is -0.939. The van der Waals surface area contributed by atoms with Gasteiger partial charge in [0.05, 0.1) is 6.10 Å². The van der Waals surface area contributed by atoms with Crippen LogP contribution in [-0.4, -0.2) is 29.8 Å². The summed E-state index contributed by atoms with van der Waals surface area (Å²) in [7, 11) is 0. The van der Waals surface area contributed by atoms with Crippen molar-refractivity contribution >= 4 is 5.97 Å². The van der Waals surface area contributed by atoms with Crippen molar-refractivity contribution in [3.05, 3.63) is 71.8 Å². The Hall–Kier alpha value is -2.21.